The maximum Gasteiger partial charge on any atom is 0.336 e. The van der Waals surface area contributed by atoms with Gasteiger partial charge in [-0.3, -0.25) is 0 Å². The molecule has 0 amide bonds. The highest BCUT2D eigenvalue weighted by Crippen LogP contribution is 2.35. The number of methoxy groups -OCH3 is 1. The standard InChI is InChI=1S/C9H10ClNO3/c1-4-5(9(12)13)3-6(10)8(14-2)7(4)11/h3H,11H2,1-2H3,(H,12,13). The SMILES string of the molecule is COc1c(Cl)cc(C(=O)O)c(C)c1N. The van der Waals surface area contributed by atoms with Crippen molar-refractivity contribution in [3.05, 3.63) is 22.2 Å². The average Bonchev–Trinajstić information content (AvgIpc) is 2.12. The molecule has 0 fully saturated rings. The fourth-order valence-corrected chi connectivity index (χ4v) is 1.46. The lowest BCUT2D eigenvalue weighted by atomic mass is 10.1. The van der Waals surface area contributed by atoms with Crippen LogP contribution in [0.1, 0.15) is 15.9 Å². The third-order valence-electron chi connectivity index (χ3n) is 1.98. The monoisotopic (exact) mass is 215 g/mol. The molecule has 0 unspecified atom stereocenters. The molecule has 3 N–H and O–H groups in total. The lowest BCUT2D eigenvalue weighted by Crippen LogP contribution is -2.05. The Balaban J connectivity index is 3.47. The van der Waals surface area contributed by atoms with E-state index in [-0.39, 0.29) is 16.3 Å². The molecular formula is C9H10ClNO3. The van der Waals surface area contributed by atoms with Crippen LogP contribution in [-0.4, -0.2) is 18.2 Å². The van der Waals surface area contributed by atoms with Gasteiger partial charge in [-0.05, 0) is 18.6 Å². The molecule has 76 valence electrons. The Hall–Kier alpha value is -1.42. The van der Waals surface area contributed by atoms with Crippen molar-refractivity contribution in [3.8, 4) is 5.75 Å². The Kier molecular flexibility index (Phi) is 2.86. The first-order valence-corrected chi connectivity index (χ1v) is 4.22. The first kappa shape index (κ1) is 10.7. The molecule has 0 aromatic heterocycles. The number of halogens is 1. The van der Waals surface area contributed by atoms with Crippen LogP contribution in [0.2, 0.25) is 5.02 Å². The minimum absolute atomic E-state index is 0.0910. The van der Waals surface area contributed by atoms with Gasteiger partial charge >= 0.3 is 5.97 Å². The molecule has 0 aliphatic heterocycles. The van der Waals surface area contributed by atoms with E-state index in [1.807, 2.05) is 0 Å². The number of carbonyl (C=O) groups is 1. The van der Waals surface area contributed by atoms with Gasteiger partial charge in [0.25, 0.3) is 0 Å². The molecule has 1 rings (SSSR count). The third kappa shape index (κ3) is 1.61. The topological polar surface area (TPSA) is 72.5 Å². The highest BCUT2D eigenvalue weighted by molar-refractivity contribution is 6.33. The van der Waals surface area contributed by atoms with Crippen molar-refractivity contribution in [1.82, 2.24) is 0 Å². The van der Waals surface area contributed by atoms with Crippen LogP contribution in [0.4, 0.5) is 5.69 Å². The van der Waals surface area contributed by atoms with E-state index < -0.39 is 5.97 Å². The number of benzene rings is 1. The van der Waals surface area contributed by atoms with Crippen molar-refractivity contribution >= 4 is 23.3 Å². The van der Waals surface area contributed by atoms with E-state index in [0.29, 0.717) is 11.3 Å². The quantitative estimate of drug-likeness (QED) is 0.740. The summed E-state index contributed by atoms with van der Waals surface area (Å²) in [5, 5.41) is 9.02. The molecule has 0 atom stereocenters. The van der Waals surface area contributed by atoms with Gasteiger partial charge in [0.1, 0.15) is 0 Å². The Morgan fingerprint density at radius 1 is 1.64 bits per heavy atom. The van der Waals surface area contributed by atoms with Gasteiger partial charge in [0.15, 0.2) is 5.75 Å². The van der Waals surface area contributed by atoms with Gasteiger partial charge in [-0.1, -0.05) is 11.6 Å². The first-order chi connectivity index (χ1) is 6.49. The van der Waals surface area contributed by atoms with E-state index >= 15 is 0 Å². The largest absolute Gasteiger partial charge is 0.493 e. The number of anilines is 1. The summed E-state index contributed by atoms with van der Waals surface area (Å²) in [6, 6.07) is 1.33. The van der Waals surface area contributed by atoms with Crippen LogP contribution in [0.15, 0.2) is 6.07 Å². The number of hydrogen-bond donors (Lipinski definition) is 2. The lowest BCUT2D eigenvalue weighted by molar-refractivity contribution is 0.0696. The van der Waals surface area contributed by atoms with Crippen molar-refractivity contribution in [2.75, 3.05) is 12.8 Å². The highest BCUT2D eigenvalue weighted by Gasteiger charge is 2.16. The zero-order valence-corrected chi connectivity index (χ0v) is 8.55. The summed E-state index contributed by atoms with van der Waals surface area (Å²) in [7, 11) is 1.43. The molecule has 0 saturated heterocycles. The number of aromatic carboxylic acids is 1. The number of carboxylic acid groups (broad SMARTS) is 1. The molecule has 0 aliphatic rings. The van der Waals surface area contributed by atoms with Crippen LogP contribution >= 0.6 is 11.6 Å². The zero-order chi connectivity index (χ0) is 10.9. The molecule has 0 bridgehead atoms. The maximum atomic E-state index is 10.8. The smallest absolute Gasteiger partial charge is 0.336 e. The first-order valence-electron chi connectivity index (χ1n) is 3.85. The van der Waals surface area contributed by atoms with Gasteiger partial charge in [-0.25, -0.2) is 4.79 Å². The molecule has 0 heterocycles. The molecule has 5 heteroatoms. The minimum Gasteiger partial charge on any atom is -0.493 e. The summed E-state index contributed by atoms with van der Waals surface area (Å²) in [6.45, 7) is 1.61. The average molecular weight is 216 g/mol. The van der Waals surface area contributed by atoms with Gasteiger partial charge in [0, 0.05) is 0 Å². The fourth-order valence-electron chi connectivity index (χ4n) is 1.17. The summed E-state index contributed by atoms with van der Waals surface area (Å²) in [6.07, 6.45) is 0. The Morgan fingerprint density at radius 2 is 2.21 bits per heavy atom. The molecule has 4 nitrogen and oxygen atoms in total. The second-order valence-corrected chi connectivity index (χ2v) is 3.19. The Labute approximate surface area is 86.2 Å². The number of ether oxygens (including phenoxy) is 1. The van der Waals surface area contributed by atoms with Crippen molar-refractivity contribution < 1.29 is 14.6 Å². The van der Waals surface area contributed by atoms with E-state index in [1.165, 1.54) is 13.2 Å². The molecule has 1 aromatic rings. The normalized spacial score (nSPS) is 9.93. The van der Waals surface area contributed by atoms with Crippen LogP contribution < -0.4 is 10.5 Å². The van der Waals surface area contributed by atoms with Crippen molar-refractivity contribution in [3.63, 3.8) is 0 Å². The molecule has 1 aromatic carbocycles. The molecule has 14 heavy (non-hydrogen) atoms. The van der Waals surface area contributed by atoms with E-state index in [0.717, 1.165) is 0 Å². The van der Waals surface area contributed by atoms with Gasteiger partial charge in [0.2, 0.25) is 0 Å². The highest BCUT2D eigenvalue weighted by atomic mass is 35.5. The van der Waals surface area contributed by atoms with E-state index in [4.69, 9.17) is 27.2 Å². The van der Waals surface area contributed by atoms with Crippen LogP contribution in [0.5, 0.6) is 5.75 Å². The molecule has 0 radical (unpaired) electrons. The van der Waals surface area contributed by atoms with Crippen LogP contribution in [0.25, 0.3) is 0 Å². The predicted molar refractivity (Wildman–Crippen MR) is 54.1 cm³/mol. The van der Waals surface area contributed by atoms with Crippen LogP contribution in [-0.2, 0) is 0 Å². The number of nitrogen functional groups attached to an aromatic ring is 1. The third-order valence-corrected chi connectivity index (χ3v) is 2.26. The molecule has 0 aliphatic carbocycles. The Bertz CT molecular complexity index is 390. The molecule has 0 saturated carbocycles. The summed E-state index contributed by atoms with van der Waals surface area (Å²) < 4.78 is 4.94. The molecule has 0 spiro atoms. The second kappa shape index (κ2) is 3.75. The van der Waals surface area contributed by atoms with Crippen LogP contribution in [0, 0.1) is 6.92 Å². The van der Waals surface area contributed by atoms with E-state index in [9.17, 15) is 4.79 Å². The van der Waals surface area contributed by atoms with Crippen molar-refractivity contribution in [2.45, 2.75) is 6.92 Å². The van der Waals surface area contributed by atoms with Gasteiger partial charge in [-0.2, -0.15) is 0 Å². The van der Waals surface area contributed by atoms with E-state index in [2.05, 4.69) is 0 Å². The van der Waals surface area contributed by atoms with Gasteiger partial charge in [-0.15, -0.1) is 0 Å². The van der Waals surface area contributed by atoms with Crippen molar-refractivity contribution in [1.29, 1.82) is 0 Å². The summed E-state index contributed by atoms with van der Waals surface area (Å²) in [4.78, 5) is 10.8. The fraction of sp³-hybridized carbons (Fsp3) is 0.222. The number of nitrogens with two attached hydrogens (primary N) is 1. The number of carboxylic acids is 1. The number of rotatable bonds is 2. The van der Waals surface area contributed by atoms with Gasteiger partial charge < -0.3 is 15.6 Å². The van der Waals surface area contributed by atoms with Crippen LogP contribution in [0.3, 0.4) is 0 Å². The lowest BCUT2D eigenvalue weighted by Gasteiger charge is -2.11. The van der Waals surface area contributed by atoms with Gasteiger partial charge in [0.05, 0.1) is 23.4 Å². The Morgan fingerprint density at radius 3 is 2.64 bits per heavy atom. The van der Waals surface area contributed by atoms with E-state index in [1.54, 1.807) is 6.92 Å². The second-order valence-electron chi connectivity index (χ2n) is 2.78. The zero-order valence-electron chi connectivity index (χ0n) is 7.80. The molecular weight excluding hydrogens is 206 g/mol. The number of hydrogen-bond acceptors (Lipinski definition) is 3. The predicted octanol–water partition coefficient (Wildman–Crippen LogP) is 1.94. The summed E-state index contributed by atoms with van der Waals surface area (Å²) in [5.41, 5.74) is 6.47. The summed E-state index contributed by atoms with van der Waals surface area (Å²) in [5.74, 6) is -0.743. The summed E-state index contributed by atoms with van der Waals surface area (Å²) >= 11 is 5.78. The maximum absolute atomic E-state index is 10.8. The van der Waals surface area contributed by atoms with Crippen molar-refractivity contribution in [2.24, 2.45) is 0 Å². The minimum atomic E-state index is -1.06.